The third kappa shape index (κ3) is 5.80. The topological polar surface area (TPSA) is 130 Å². The molecule has 0 spiro atoms. The van der Waals surface area contributed by atoms with Crippen LogP contribution in [0.25, 0.3) is 0 Å². The molecule has 0 aliphatic carbocycles. The molecule has 0 bridgehead atoms. The molecule has 156 valence electrons. The van der Waals surface area contributed by atoms with Gasteiger partial charge in [-0.05, 0) is 43.7 Å². The molecule has 2 aromatic rings. The first-order valence-corrected chi connectivity index (χ1v) is 8.86. The first-order chi connectivity index (χ1) is 13.5. The molecule has 0 radical (unpaired) electrons. The molecule has 7 nitrogen and oxygen atoms in total. The van der Waals surface area contributed by atoms with Crippen LogP contribution in [-0.2, 0) is 22.6 Å². The Morgan fingerprint density at radius 1 is 1.17 bits per heavy atom. The molecular formula is C20H24F2N4O3. The number of hydrogen-bond donors (Lipinski definition) is 5. The minimum Gasteiger partial charge on any atom is -0.374 e. The predicted molar refractivity (Wildman–Crippen MR) is 104 cm³/mol. The van der Waals surface area contributed by atoms with E-state index in [1.54, 1.807) is 0 Å². The highest BCUT2D eigenvalue weighted by molar-refractivity contribution is 5.92. The van der Waals surface area contributed by atoms with Gasteiger partial charge in [0.2, 0.25) is 11.8 Å². The van der Waals surface area contributed by atoms with Gasteiger partial charge in [0.25, 0.3) is 0 Å². The fourth-order valence-electron chi connectivity index (χ4n) is 2.61. The van der Waals surface area contributed by atoms with Gasteiger partial charge in [-0.3, -0.25) is 14.9 Å². The number of primary amides is 1. The van der Waals surface area contributed by atoms with Crippen LogP contribution in [0, 0.1) is 11.6 Å². The van der Waals surface area contributed by atoms with Crippen molar-refractivity contribution in [2.24, 2.45) is 11.5 Å². The van der Waals surface area contributed by atoms with E-state index in [1.165, 1.54) is 50.2 Å². The van der Waals surface area contributed by atoms with Crippen molar-refractivity contribution in [2.45, 2.75) is 38.6 Å². The van der Waals surface area contributed by atoms with E-state index in [-0.39, 0.29) is 29.8 Å². The van der Waals surface area contributed by atoms with Gasteiger partial charge in [-0.25, -0.2) is 8.78 Å². The van der Waals surface area contributed by atoms with Crippen LogP contribution >= 0.6 is 0 Å². The van der Waals surface area contributed by atoms with E-state index < -0.39 is 35.2 Å². The molecule has 7 N–H and O–H groups in total. The van der Waals surface area contributed by atoms with Gasteiger partial charge in [-0.15, -0.1) is 0 Å². The van der Waals surface area contributed by atoms with E-state index in [9.17, 15) is 23.5 Å². The molecule has 0 aliphatic heterocycles. The lowest BCUT2D eigenvalue weighted by atomic mass is 10.0. The molecule has 29 heavy (non-hydrogen) atoms. The lowest BCUT2D eigenvalue weighted by Gasteiger charge is -2.27. The Morgan fingerprint density at radius 2 is 1.79 bits per heavy atom. The molecule has 0 fully saturated rings. The summed E-state index contributed by atoms with van der Waals surface area (Å²) in [6.45, 7) is 2.70. The van der Waals surface area contributed by atoms with Crippen molar-refractivity contribution in [3.63, 3.8) is 0 Å². The standard InChI is InChI=1S/C20H24F2N4O3/c1-20(2,19(24)29)26-18(28)15-9-14(8-12(10-23)17(15)22)25-16(27)7-11-3-5-13(21)6-4-11/h3-6,8-9,18,26,28H,7,10,23H2,1-2H3,(H2,24,29)(H,25,27). The number of aliphatic hydroxyl groups excluding tert-OH is 1. The molecule has 2 amide bonds. The Kier molecular flexibility index (Phi) is 7.02. The van der Waals surface area contributed by atoms with Crippen molar-refractivity contribution < 1.29 is 23.5 Å². The van der Waals surface area contributed by atoms with Gasteiger partial charge in [0.15, 0.2) is 0 Å². The fourth-order valence-corrected chi connectivity index (χ4v) is 2.61. The number of nitrogens with one attached hydrogen (secondary N) is 2. The monoisotopic (exact) mass is 406 g/mol. The number of carbonyl (C=O) groups is 2. The van der Waals surface area contributed by atoms with Gasteiger partial charge in [-0.2, -0.15) is 0 Å². The molecule has 2 aromatic carbocycles. The summed E-state index contributed by atoms with van der Waals surface area (Å²) < 4.78 is 27.6. The molecule has 9 heteroatoms. The van der Waals surface area contributed by atoms with Crippen molar-refractivity contribution in [3.05, 3.63) is 64.7 Å². The molecule has 0 saturated heterocycles. The first-order valence-electron chi connectivity index (χ1n) is 8.86. The summed E-state index contributed by atoms with van der Waals surface area (Å²) in [5.74, 6) is -2.33. The quantitative estimate of drug-likeness (QED) is 0.424. The first kappa shape index (κ1) is 22.4. The Morgan fingerprint density at radius 3 is 2.34 bits per heavy atom. The van der Waals surface area contributed by atoms with Crippen LogP contribution in [-0.4, -0.2) is 22.5 Å². The van der Waals surface area contributed by atoms with E-state index >= 15 is 0 Å². The van der Waals surface area contributed by atoms with Gasteiger partial charge in [0, 0.05) is 23.4 Å². The number of hydrogen-bond acceptors (Lipinski definition) is 5. The van der Waals surface area contributed by atoms with Gasteiger partial charge in [0.1, 0.15) is 17.9 Å². The molecule has 0 aliphatic rings. The Hall–Kier alpha value is -2.88. The number of halogens is 2. The zero-order valence-corrected chi connectivity index (χ0v) is 16.1. The third-order valence-electron chi connectivity index (χ3n) is 4.37. The number of anilines is 1. The number of nitrogens with two attached hydrogens (primary N) is 2. The van der Waals surface area contributed by atoms with Crippen molar-refractivity contribution in [1.82, 2.24) is 5.32 Å². The third-order valence-corrected chi connectivity index (χ3v) is 4.37. The number of carbonyl (C=O) groups excluding carboxylic acids is 2. The Bertz CT molecular complexity index is 901. The van der Waals surface area contributed by atoms with Gasteiger partial charge in [-0.1, -0.05) is 12.1 Å². The summed E-state index contributed by atoms with van der Waals surface area (Å²) in [6.07, 6.45) is -1.60. The highest BCUT2D eigenvalue weighted by atomic mass is 19.1. The second kappa shape index (κ2) is 9.08. The second-order valence-corrected chi connectivity index (χ2v) is 7.13. The van der Waals surface area contributed by atoms with E-state index in [4.69, 9.17) is 11.5 Å². The minimum absolute atomic E-state index is 0.0273. The largest absolute Gasteiger partial charge is 0.374 e. The highest BCUT2D eigenvalue weighted by Crippen LogP contribution is 2.25. The molecule has 1 atom stereocenters. The summed E-state index contributed by atoms with van der Waals surface area (Å²) in [6, 6.07) is 8.05. The van der Waals surface area contributed by atoms with E-state index in [0.717, 1.165) is 0 Å². The normalized spacial score (nSPS) is 12.5. The summed E-state index contributed by atoms with van der Waals surface area (Å²) in [5, 5.41) is 15.5. The zero-order chi connectivity index (χ0) is 21.8. The summed E-state index contributed by atoms with van der Waals surface area (Å²) >= 11 is 0. The lowest BCUT2D eigenvalue weighted by Crippen LogP contribution is -2.52. The van der Waals surface area contributed by atoms with Crippen LogP contribution in [0.1, 0.15) is 36.8 Å². The van der Waals surface area contributed by atoms with Crippen molar-refractivity contribution in [2.75, 3.05) is 5.32 Å². The van der Waals surface area contributed by atoms with Crippen LogP contribution in [0.5, 0.6) is 0 Å². The van der Waals surface area contributed by atoms with Crippen LogP contribution in [0.4, 0.5) is 14.5 Å². The summed E-state index contributed by atoms with van der Waals surface area (Å²) in [5.41, 5.74) is 10.2. The van der Waals surface area contributed by atoms with E-state index in [1.807, 2.05) is 0 Å². The SMILES string of the molecule is CC(C)(NC(O)c1cc(NC(=O)Cc2ccc(F)cc2)cc(CN)c1F)C(N)=O. The molecule has 2 rings (SSSR count). The average molecular weight is 406 g/mol. The van der Waals surface area contributed by atoms with Crippen molar-refractivity contribution in [3.8, 4) is 0 Å². The van der Waals surface area contributed by atoms with E-state index in [0.29, 0.717) is 5.56 Å². The molecule has 0 saturated carbocycles. The second-order valence-electron chi connectivity index (χ2n) is 7.13. The maximum absolute atomic E-state index is 14.7. The molecule has 1 unspecified atom stereocenters. The summed E-state index contributed by atoms with van der Waals surface area (Å²) in [7, 11) is 0. The fraction of sp³-hybridized carbons (Fsp3) is 0.300. The number of amides is 2. The maximum atomic E-state index is 14.7. The van der Waals surface area contributed by atoms with Gasteiger partial charge in [0.05, 0.1) is 12.0 Å². The Labute approximate surface area is 167 Å². The van der Waals surface area contributed by atoms with Crippen LogP contribution in [0.2, 0.25) is 0 Å². The smallest absolute Gasteiger partial charge is 0.237 e. The molecule has 0 aromatic heterocycles. The maximum Gasteiger partial charge on any atom is 0.237 e. The van der Waals surface area contributed by atoms with Crippen molar-refractivity contribution >= 4 is 17.5 Å². The molecule has 0 heterocycles. The highest BCUT2D eigenvalue weighted by Gasteiger charge is 2.29. The van der Waals surface area contributed by atoms with Crippen LogP contribution < -0.4 is 22.1 Å². The number of benzene rings is 2. The van der Waals surface area contributed by atoms with Crippen molar-refractivity contribution in [1.29, 1.82) is 0 Å². The zero-order valence-electron chi connectivity index (χ0n) is 16.1. The van der Waals surface area contributed by atoms with Gasteiger partial charge < -0.3 is 21.9 Å². The number of rotatable bonds is 8. The van der Waals surface area contributed by atoms with Crippen LogP contribution in [0.3, 0.4) is 0 Å². The average Bonchev–Trinajstić information content (AvgIpc) is 2.64. The predicted octanol–water partition coefficient (Wildman–Crippen LogP) is 1.45. The Balaban J connectivity index is 2.24. The van der Waals surface area contributed by atoms with Crippen LogP contribution in [0.15, 0.2) is 36.4 Å². The van der Waals surface area contributed by atoms with Gasteiger partial charge >= 0.3 is 0 Å². The minimum atomic E-state index is -1.57. The van der Waals surface area contributed by atoms with E-state index in [2.05, 4.69) is 10.6 Å². The lowest BCUT2D eigenvalue weighted by molar-refractivity contribution is -0.124. The summed E-state index contributed by atoms with van der Waals surface area (Å²) in [4.78, 5) is 23.7. The number of aliphatic hydroxyl groups is 1. The molecular weight excluding hydrogens is 382 g/mol.